The number of amides is 1. The van der Waals surface area contributed by atoms with Gasteiger partial charge in [-0.1, -0.05) is 29.3 Å². The van der Waals surface area contributed by atoms with Gasteiger partial charge >= 0.3 is 0 Å². The Balaban J connectivity index is 2.76. The minimum Gasteiger partial charge on any atom is -0.356 e. The van der Waals surface area contributed by atoms with Crippen LogP contribution in [0.15, 0.2) is 18.2 Å². The quantitative estimate of drug-likeness (QED) is 0.812. The topological polar surface area (TPSA) is 55.1 Å². The summed E-state index contributed by atoms with van der Waals surface area (Å²) in [5, 5.41) is 2.83. The van der Waals surface area contributed by atoms with Crippen LogP contribution >= 0.6 is 0 Å². The van der Waals surface area contributed by atoms with Gasteiger partial charge in [0.15, 0.2) is 0 Å². The molecule has 17 heavy (non-hydrogen) atoms. The minimum absolute atomic E-state index is 0.0501. The number of aryl methyl sites for hydroxylation is 2. The second kappa shape index (κ2) is 6.40. The van der Waals surface area contributed by atoms with Crippen molar-refractivity contribution >= 4 is 5.91 Å². The van der Waals surface area contributed by atoms with Crippen molar-refractivity contribution in [2.24, 2.45) is 11.7 Å². The molecule has 0 aliphatic rings. The summed E-state index contributed by atoms with van der Waals surface area (Å²) in [6.07, 6.45) is 0.713. The molecule has 0 spiro atoms. The van der Waals surface area contributed by atoms with Crippen LogP contribution in [0, 0.1) is 19.8 Å². The van der Waals surface area contributed by atoms with Gasteiger partial charge in [0.25, 0.3) is 0 Å². The van der Waals surface area contributed by atoms with Crippen LogP contribution in [0.4, 0.5) is 0 Å². The lowest BCUT2D eigenvalue weighted by Gasteiger charge is -2.15. The third-order valence-electron chi connectivity index (χ3n) is 2.77. The summed E-state index contributed by atoms with van der Waals surface area (Å²) in [5.41, 5.74) is 9.31. The molecule has 1 rings (SSSR count). The van der Waals surface area contributed by atoms with Crippen molar-refractivity contribution in [3.63, 3.8) is 0 Å². The minimum atomic E-state index is -0.129. The number of carbonyl (C=O) groups is 1. The predicted molar refractivity (Wildman–Crippen MR) is 70.8 cm³/mol. The molecule has 1 unspecified atom stereocenters. The number of hydrogen-bond acceptors (Lipinski definition) is 2. The molecule has 0 saturated heterocycles. The van der Waals surface area contributed by atoms with Gasteiger partial charge in [0.05, 0.1) is 5.92 Å². The van der Waals surface area contributed by atoms with E-state index in [9.17, 15) is 4.79 Å². The highest BCUT2D eigenvalue weighted by Gasteiger charge is 2.16. The largest absolute Gasteiger partial charge is 0.356 e. The van der Waals surface area contributed by atoms with Crippen molar-refractivity contribution in [1.82, 2.24) is 5.32 Å². The zero-order valence-corrected chi connectivity index (χ0v) is 10.9. The molecular formula is C14H22N2O. The predicted octanol–water partition coefficient (Wildman–Crippen LogP) is 1.56. The highest BCUT2D eigenvalue weighted by molar-refractivity contribution is 5.79. The average molecular weight is 234 g/mol. The fraction of sp³-hybridized carbons (Fsp3) is 0.500. The van der Waals surface area contributed by atoms with E-state index in [-0.39, 0.29) is 11.8 Å². The lowest BCUT2D eigenvalue weighted by Crippen LogP contribution is -2.36. The number of nitrogens with one attached hydrogen (secondary N) is 1. The summed E-state index contributed by atoms with van der Waals surface area (Å²) in [4.78, 5) is 11.8. The zero-order chi connectivity index (χ0) is 12.8. The average Bonchev–Trinajstić information content (AvgIpc) is 2.24. The molecule has 0 aliphatic carbocycles. The van der Waals surface area contributed by atoms with Crippen LogP contribution in [-0.4, -0.2) is 19.0 Å². The first-order valence-electron chi connectivity index (χ1n) is 6.11. The van der Waals surface area contributed by atoms with E-state index in [1.54, 1.807) is 0 Å². The number of rotatable bonds is 5. The van der Waals surface area contributed by atoms with Gasteiger partial charge in [-0.15, -0.1) is 0 Å². The molecule has 0 radical (unpaired) electrons. The molecule has 3 N–H and O–H groups in total. The zero-order valence-electron chi connectivity index (χ0n) is 10.9. The standard InChI is InChI=1S/C14H22N2O/c1-4-16-14(17)13(9-15)8-12-6-10(2)5-11(3)7-12/h5-7,13H,4,8-9,15H2,1-3H3,(H,16,17). The Kier molecular flexibility index (Phi) is 5.16. The third-order valence-corrected chi connectivity index (χ3v) is 2.77. The summed E-state index contributed by atoms with van der Waals surface area (Å²) in [7, 11) is 0. The van der Waals surface area contributed by atoms with Gasteiger partial charge in [0.2, 0.25) is 5.91 Å². The molecule has 0 saturated carbocycles. The molecule has 94 valence electrons. The highest BCUT2D eigenvalue weighted by Crippen LogP contribution is 2.13. The van der Waals surface area contributed by atoms with Crippen molar-refractivity contribution in [2.45, 2.75) is 27.2 Å². The third kappa shape index (κ3) is 4.19. The number of nitrogens with two attached hydrogens (primary N) is 1. The van der Waals surface area contributed by atoms with Gasteiger partial charge in [-0.25, -0.2) is 0 Å². The first-order valence-corrected chi connectivity index (χ1v) is 6.11. The van der Waals surface area contributed by atoms with Crippen LogP contribution in [0.25, 0.3) is 0 Å². The van der Waals surface area contributed by atoms with Crippen LogP contribution < -0.4 is 11.1 Å². The second-order valence-corrected chi connectivity index (χ2v) is 4.53. The molecule has 1 aromatic rings. The molecule has 1 amide bonds. The summed E-state index contributed by atoms with van der Waals surface area (Å²) in [5.74, 6) is -0.0784. The first kappa shape index (κ1) is 13.7. The molecule has 0 aliphatic heterocycles. The van der Waals surface area contributed by atoms with Crippen LogP contribution in [0.3, 0.4) is 0 Å². The summed E-state index contributed by atoms with van der Waals surface area (Å²) >= 11 is 0. The van der Waals surface area contributed by atoms with E-state index >= 15 is 0 Å². The fourth-order valence-electron chi connectivity index (χ4n) is 2.07. The van der Waals surface area contributed by atoms with E-state index in [1.165, 1.54) is 16.7 Å². The van der Waals surface area contributed by atoms with Gasteiger partial charge in [-0.05, 0) is 32.8 Å². The number of carbonyl (C=O) groups excluding carboxylic acids is 1. The van der Waals surface area contributed by atoms with Crippen molar-refractivity contribution in [2.75, 3.05) is 13.1 Å². The van der Waals surface area contributed by atoms with E-state index in [0.29, 0.717) is 19.5 Å². The summed E-state index contributed by atoms with van der Waals surface area (Å²) in [6, 6.07) is 6.37. The van der Waals surface area contributed by atoms with Gasteiger partial charge in [-0.3, -0.25) is 4.79 Å². The summed E-state index contributed by atoms with van der Waals surface area (Å²) < 4.78 is 0. The lowest BCUT2D eigenvalue weighted by molar-refractivity contribution is -0.124. The Hall–Kier alpha value is -1.35. The Bertz CT molecular complexity index is 368. The molecular weight excluding hydrogens is 212 g/mol. The van der Waals surface area contributed by atoms with E-state index in [1.807, 2.05) is 6.92 Å². The molecule has 0 aromatic heterocycles. The Morgan fingerprint density at radius 3 is 2.35 bits per heavy atom. The summed E-state index contributed by atoms with van der Waals surface area (Å²) in [6.45, 7) is 7.10. The van der Waals surface area contributed by atoms with Gasteiger partial charge in [-0.2, -0.15) is 0 Å². The van der Waals surface area contributed by atoms with Crippen molar-refractivity contribution < 1.29 is 4.79 Å². The maximum absolute atomic E-state index is 11.8. The van der Waals surface area contributed by atoms with Crippen LogP contribution in [0.5, 0.6) is 0 Å². The second-order valence-electron chi connectivity index (χ2n) is 4.53. The highest BCUT2D eigenvalue weighted by atomic mass is 16.1. The van der Waals surface area contributed by atoms with Crippen LogP contribution in [0.1, 0.15) is 23.6 Å². The smallest absolute Gasteiger partial charge is 0.224 e. The Morgan fingerprint density at radius 2 is 1.88 bits per heavy atom. The van der Waals surface area contributed by atoms with Crippen molar-refractivity contribution in [3.05, 3.63) is 34.9 Å². The lowest BCUT2D eigenvalue weighted by atomic mass is 9.96. The maximum atomic E-state index is 11.8. The fourth-order valence-corrected chi connectivity index (χ4v) is 2.07. The molecule has 1 atom stereocenters. The Morgan fingerprint density at radius 1 is 1.29 bits per heavy atom. The van der Waals surface area contributed by atoms with E-state index < -0.39 is 0 Å². The van der Waals surface area contributed by atoms with Crippen LogP contribution in [0.2, 0.25) is 0 Å². The van der Waals surface area contributed by atoms with Crippen molar-refractivity contribution in [3.8, 4) is 0 Å². The first-order chi connectivity index (χ1) is 8.06. The SMILES string of the molecule is CCNC(=O)C(CN)Cc1cc(C)cc(C)c1. The number of hydrogen-bond donors (Lipinski definition) is 2. The van der Waals surface area contributed by atoms with Crippen molar-refractivity contribution in [1.29, 1.82) is 0 Å². The van der Waals surface area contributed by atoms with Crippen LogP contribution in [-0.2, 0) is 11.2 Å². The normalized spacial score (nSPS) is 12.2. The van der Waals surface area contributed by atoms with Gasteiger partial charge in [0.1, 0.15) is 0 Å². The molecule has 3 heteroatoms. The molecule has 0 bridgehead atoms. The molecule has 0 fully saturated rings. The van der Waals surface area contributed by atoms with E-state index in [2.05, 4.69) is 37.4 Å². The number of benzene rings is 1. The van der Waals surface area contributed by atoms with Gasteiger partial charge in [0, 0.05) is 13.1 Å². The maximum Gasteiger partial charge on any atom is 0.224 e. The van der Waals surface area contributed by atoms with E-state index in [4.69, 9.17) is 5.73 Å². The Labute approximate surface area is 103 Å². The molecule has 1 aromatic carbocycles. The van der Waals surface area contributed by atoms with Gasteiger partial charge < -0.3 is 11.1 Å². The van der Waals surface area contributed by atoms with E-state index in [0.717, 1.165) is 0 Å². The monoisotopic (exact) mass is 234 g/mol. The molecule has 0 heterocycles. The molecule has 3 nitrogen and oxygen atoms in total.